The van der Waals surface area contributed by atoms with Crippen LogP contribution >= 0.6 is 0 Å². The van der Waals surface area contributed by atoms with Crippen molar-refractivity contribution in [2.75, 3.05) is 0 Å². The molecule has 6 heavy (non-hydrogen) atoms. The average molecular weight is 166 g/mol. The molecule has 1 radical (unpaired) electrons. The van der Waals surface area contributed by atoms with E-state index in [-0.39, 0.29) is 68.5 Å². The van der Waals surface area contributed by atoms with Gasteiger partial charge in [-0.3, -0.25) is 0 Å². The molecule has 0 atom stereocenters. The zero-order valence-electron chi connectivity index (χ0n) is 2.10. The van der Waals surface area contributed by atoms with Crippen LogP contribution in [0.4, 0.5) is 4.79 Å². The molecule has 5 heteroatoms. The topological polar surface area (TPSA) is 57.5 Å². The van der Waals surface area contributed by atoms with E-state index in [2.05, 4.69) is 0 Å². The number of carboxylic acid groups (broad SMARTS) is 2. The van der Waals surface area contributed by atoms with Crippen molar-refractivity contribution in [3.8, 4) is 0 Å². The van der Waals surface area contributed by atoms with Gasteiger partial charge in [-0.2, -0.15) is 0 Å². The van der Waals surface area contributed by atoms with Crippen molar-refractivity contribution in [2.45, 2.75) is 0 Å². The van der Waals surface area contributed by atoms with Crippen molar-refractivity contribution in [3.05, 3.63) is 0 Å². The van der Waals surface area contributed by atoms with Crippen LogP contribution in [-0.4, -0.2) is 67.8 Å². The summed E-state index contributed by atoms with van der Waals surface area (Å²) in [5.74, 6) is 0. The molecule has 0 aliphatic carbocycles. The van der Waals surface area contributed by atoms with E-state index in [1.54, 1.807) is 0 Å². The molecular weight excluding hydrogens is 163 g/mol. The minimum atomic E-state index is -1.83. The molecular formula is CH3CuKO3. The van der Waals surface area contributed by atoms with Gasteiger partial charge < -0.3 is 10.2 Å². The van der Waals surface area contributed by atoms with E-state index in [1.807, 2.05) is 0 Å². The van der Waals surface area contributed by atoms with Gasteiger partial charge in [0, 0.05) is 17.1 Å². The standard InChI is InChI=1S/CH2O3.Cu.K.H/c2-1(3)4;;;/h(H2,2,3,4);;;. The predicted molar refractivity (Wildman–Crippen MR) is 17.8 cm³/mol. The van der Waals surface area contributed by atoms with Gasteiger partial charge in [-0.25, -0.2) is 4.79 Å². The van der Waals surface area contributed by atoms with Gasteiger partial charge in [0.25, 0.3) is 0 Å². The summed E-state index contributed by atoms with van der Waals surface area (Å²) in [4.78, 5) is 8.56. The summed E-state index contributed by atoms with van der Waals surface area (Å²) in [7, 11) is 0. The normalized spacial score (nSPS) is 4.00. The fraction of sp³-hybridized carbons (Fsp3) is 0. The Balaban J connectivity index is -0.0000000450. The van der Waals surface area contributed by atoms with E-state index in [1.165, 1.54) is 0 Å². The van der Waals surface area contributed by atoms with E-state index in [9.17, 15) is 0 Å². The first-order valence-corrected chi connectivity index (χ1v) is 0.651. The Bertz CT molecular complexity index is 33.8. The second kappa shape index (κ2) is 9.66. The van der Waals surface area contributed by atoms with Gasteiger partial charge in [0.15, 0.2) is 0 Å². The Kier molecular flexibility index (Phi) is 25.2. The summed E-state index contributed by atoms with van der Waals surface area (Å²) >= 11 is 0. The van der Waals surface area contributed by atoms with Gasteiger partial charge in [0.05, 0.1) is 0 Å². The third kappa shape index (κ3) is 52.3. The molecule has 0 bridgehead atoms. The molecule has 2 N–H and O–H groups in total. The summed E-state index contributed by atoms with van der Waals surface area (Å²) < 4.78 is 0. The van der Waals surface area contributed by atoms with Crippen LogP contribution in [0.15, 0.2) is 0 Å². The van der Waals surface area contributed by atoms with Gasteiger partial charge in [-0.05, 0) is 0 Å². The Labute approximate surface area is 88.0 Å². The molecule has 0 amide bonds. The molecule has 0 aliphatic heterocycles. The van der Waals surface area contributed by atoms with Crippen molar-refractivity contribution in [2.24, 2.45) is 0 Å². The zero-order chi connectivity index (χ0) is 3.58. The van der Waals surface area contributed by atoms with Gasteiger partial charge >= 0.3 is 57.5 Å². The predicted octanol–water partition coefficient (Wildman–Crippen LogP) is -0.429. The zero-order valence-corrected chi connectivity index (χ0v) is 3.05. The first-order valence-electron chi connectivity index (χ1n) is 0.651. The van der Waals surface area contributed by atoms with E-state index >= 15 is 0 Å². The molecule has 0 aliphatic rings. The molecule has 0 aromatic rings. The van der Waals surface area contributed by atoms with E-state index < -0.39 is 6.16 Å². The fourth-order valence-corrected chi connectivity index (χ4v) is 0. The maximum absolute atomic E-state index is 8.56. The van der Waals surface area contributed by atoms with E-state index in [4.69, 9.17) is 15.0 Å². The summed E-state index contributed by atoms with van der Waals surface area (Å²) in [6, 6.07) is 0. The van der Waals surface area contributed by atoms with Crippen LogP contribution in [0.5, 0.6) is 0 Å². The van der Waals surface area contributed by atoms with Crippen LogP contribution in [0.1, 0.15) is 0 Å². The van der Waals surface area contributed by atoms with Crippen LogP contribution in [0.25, 0.3) is 0 Å². The first-order chi connectivity index (χ1) is 1.73. The molecule has 0 aromatic carbocycles. The minimum absolute atomic E-state index is 0. The van der Waals surface area contributed by atoms with E-state index in [0.29, 0.717) is 0 Å². The second-order valence-corrected chi connectivity index (χ2v) is 0.283. The molecule has 0 saturated carbocycles. The van der Waals surface area contributed by atoms with Crippen LogP contribution in [0.2, 0.25) is 0 Å². The van der Waals surface area contributed by atoms with Gasteiger partial charge in [0.1, 0.15) is 0 Å². The summed E-state index contributed by atoms with van der Waals surface area (Å²) in [6.45, 7) is 0. The Morgan fingerprint density at radius 3 is 1.33 bits per heavy atom. The Morgan fingerprint density at radius 1 is 1.33 bits per heavy atom. The second-order valence-electron chi connectivity index (χ2n) is 0.283. The Morgan fingerprint density at radius 2 is 1.33 bits per heavy atom. The number of hydrogen-bond donors (Lipinski definition) is 2. The van der Waals surface area contributed by atoms with Gasteiger partial charge in [-0.1, -0.05) is 0 Å². The molecule has 0 rings (SSSR count). The van der Waals surface area contributed by atoms with E-state index in [0.717, 1.165) is 0 Å². The van der Waals surface area contributed by atoms with Gasteiger partial charge in [0.2, 0.25) is 0 Å². The Hall–Kier alpha value is 1.43. The molecule has 0 spiro atoms. The van der Waals surface area contributed by atoms with Crippen molar-refractivity contribution in [1.82, 2.24) is 0 Å². The molecule has 0 aromatic heterocycles. The quantitative estimate of drug-likeness (QED) is 0.479. The van der Waals surface area contributed by atoms with Crippen molar-refractivity contribution < 1.29 is 32.1 Å². The molecule has 0 fully saturated rings. The third-order valence-corrected chi connectivity index (χ3v) is 0. The molecule has 0 heterocycles. The first kappa shape index (κ1) is 15.7. The average Bonchev–Trinajstić information content (AvgIpc) is 0.811. The monoisotopic (exact) mass is 165 g/mol. The number of rotatable bonds is 0. The van der Waals surface area contributed by atoms with Crippen molar-refractivity contribution >= 4 is 57.5 Å². The number of hydrogen-bond acceptors (Lipinski definition) is 1. The molecule has 3 nitrogen and oxygen atoms in total. The van der Waals surface area contributed by atoms with Crippen LogP contribution in [0.3, 0.4) is 0 Å². The summed E-state index contributed by atoms with van der Waals surface area (Å²) in [6.07, 6.45) is -1.83. The fourth-order valence-electron chi connectivity index (χ4n) is 0. The van der Waals surface area contributed by atoms with Crippen LogP contribution < -0.4 is 0 Å². The van der Waals surface area contributed by atoms with Crippen molar-refractivity contribution in [1.29, 1.82) is 0 Å². The maximum atomic E-state index is 8.56. The summed E-state index contributed by atoms with van der Waals surface area (Å²) in [5.41, 5.74) is 0. The number of carbonyl (C=O) groups is 1. The molecule has 37 valence electrons. The molecule has 0 unspecified atom stereocenters. The van der Waals surface area contributed by atoms with Crippen molar-refractivity contribution in [3.63, 3.8) is 0 Å². The summed E-state index contributed by atoms with van der Waals surface area (Å²) in [5, 5.41) is 13.9. The SMILES string of the molecule is O=C(O)O.[Cu].[KH]. The van der Waals surface area contributed by atoms with Gasteiger partial charge in [-0.15, -0.1) is 0 Å². The third-order valence-electron chi connectivity index (χ3n) is 0. The van der Waals surface area contributed by atoms with Crippen LogP contribution in [-0.2, 0) is 17.1 Å². The molecule has 0 saturated heterocycles. The van der Waals surface area contributed by atoms with Crippen LogP contribution in [0, 0.1) is 0 Å².